The lowest BCUT2D eigenvalue weighted by Gasteiger charge is -2.08. The van der Waals surface area contributed by atoms with E-state index in [2.05, 4.69) is 69.8 Å². The first kappa shape index (κ1) is 17.0. The molecule has 4 nitrogen and oxygen atoms in total. The van der Waals surface area contributed by atoms with E-state index in [0.717, 1.165) is 36.2 Å². The number of thiocarbonyl (C=S) groups is 1. The van der Waals surface area contributed by atoms with Crippen LogP contribution < -0.4 is 10.6 Å². The Morgan fingerprint density at radius 3 is 2.73 bits per heavy atom. The van der Waals surface area contributed by atoms with Crippen molar-refractivity contribution in [2.75, 3.05) is 11.9 Å². The molecule has 0 saturated heterocycles. The number of hydrogen-bond acceptors (Lipinski definition) is 2. The van der Waals surface area contributed by atoms with Gasteiger partial charge in [-0.15, -0.1) is 0 Å². The van der Waals surface area contributed by atoms with Crippen molar-refractivity contribution in [3.05, 3.63) is 46.1 Å². The highest BCUT2D eigenvalue weighted by Gasteiger charge is 2.08. The van der Waals surface area contributed by atoms with Gasteiger partial charge in [0.15, 0.2) is 10.9 Å². The van der Waals surface area contributed by atoms with E-state index in [1.165, 1.54) is 11.1 Å². The normalized spacial score (nSPS) is 10.5. The quantitative estimate of drug-likeness (QED) is 0.584. The third-order valence-electron chi connectivity index (χ3n) is 3.23. The third-order valence-corrected chi connectivity index (χ3v) is 4.06. The van der Waals surface area contributed by atoms with E-state index >= 15 is 0 Å². The third kappa shape index (κ3) is 5.10. The van der Waals surface area contributed by atoms with Crippen LogP contribution in [0.25, 0.3) is 0 Å². The molecular weight excluding hydrogens is 360 g/mol. The van der Waals surface area contributed by atoms with Gasteiger partial charge in [-0.1, -0.05) is 43.2 Å². The first-order valence-electron chi connectivity index (χ1n) is 7.42. The van der Waals surface area contributed by atoms with Crippen molar-refractivity contribution in [3.8, 4) is 0 Å². The number of aryl methyl sites for hydroxylation is 1. The van der Waals surface area contributed by atoms with E-state index in [9.17, 15) is 0 Å². The van der Waals surface area contributed by atoms with Crippen molar-refractivity contribution in [2.24, 2.45) is 0 Å². The van der Waals surface area contributed by atoms with Crippen molar-refractivity contribution < 1.29 is 0 Å². The molecule has 1 heterocycles. The average molecular weight is 381 g/mol. The molecule has 1 aromatic heterocycles. The molecule has 0 spiro atoms. The predicted molar refractivity (Wildman–Crippen MR) is 99.3 cm³/mol. The van der Waals surface area contributed by atoms with Crippen molar-refractivity contribution in [1.82, 2.24) is 15.1 Å². The number of rotatable bonds is 6. The summed E-state index contributed by atoms with van der Waals surface area (Å²) in [5.74, 6) is 0.737. The minimum absolute atomic E-state index is 0.606. The molecule has 22 heavy (non-hydrogen) atoms. The summed E-state index contributed by atoms with van der Waals surface area (Å²) in [6, 6.07) is 8.46. The number of anilines is 1. The monoisotopic (exact) mass is 380 g/mol. The lowest BCUT2D eigenvalue weighted by Crippen LogP contribution is -2.29. The Balaban J connectivity index is 1.95. The van der Waals surface area contributed by atoms with Crippen molar-refractivity contribution in [2.45, 2.75) is 33.2 Å². The van der Waals surface area contributed by atoms with Crippen molar-refractivity contribution in [3.63, 3.8) is 0 Å². The number of nitrogens with one attached hydrogen (secondary N) is 2. The maximum atomic E-state index is 5.27. The summed E-state index contributed by atoms with van der Waals surface area (Å²) in [6.45, 7) is 5.85. The van der Waals surface area contributed by atoms with Gasteiger partial charge in [0.1, 0.15) is 0 Å². The van der Waals surface area contributed by atoms with Gasteiger partial charge < -0.3 is 10.6 Å². The highest BCUT2D eigenvalue weighted by atomic mass is 79.9. The Bertz CT molecular complexity index is 622. The first-order chi connectivity index (χ1) is 10.6. The Kier molecular flexibility index (Phi) is 6.39. The van der Waals surface area contributed by atoms with Gasteiger partial charge in [-0.3, -0.25) is 4.68 Å². The minimum atomic E-state index is 0.606. The Morgan fingerprint density at radius 1 is 1.32 bits per heavy atom. The number of nitrogens with zero attached hydrogens (tertiary/aromatic N) is 2. The number of benzene rings is 1. The van der Waals surface area contributed by atoms with Crippen LogP contribution in [0, 0.1) is 6.92 Å². The fraction of sp³-hybridized carbons (Fsp3) is 0.375. The minimum Gasteiger partial charge on any atom is -0.362 e. The van der Waals surface area contributed by atoms with Crippen LogP contribution in [0.5, 0.6) is 0 Å². The van der Waals surface area contributed by atoms with Gasteiger partial charge in [0.2, 0.25) is 0 Å². The van der Waals surface area contributed by atoms with E-state index in [4.69, 9.17) is 12.2 Å². The molecular formula is C16H21BrN4S. The van der Waals surface area contributed by atoms with Crippen LogP contribution in [-0.2, 0) is 6.54 Å². The second-order valence-corrected chi connectivity index (χ2v) is 6.51. The van der Waals surface area contributed by atoms with Crippen LogP contribution >= 0.6 is 28.1 Å². The number of hydrogen-bond donors (Lipinski definition) is 2. The van der Waals surface area contributed by atoms with E-state index in [1.54, 1.807) is 0 Å². The number of halogens is 1. The second kappa shape index (κ2) is 8.29. The molecule has 2 rings (SSSR count). The molecule has 0 unspecified atom stereocenters. The van der Waals surface area contributed by atoms with Crippen LogP contribution in [0.1, 0.15) is 30.9 Å². The summed E-state index contributed by atoms with van der Waals surface area (Å²) in [7, 11) is 0. The molecule has 1 aromatic carbocycles. The second-order valence-electron chi connectivity index (χ2n) is 5.24. The topological polar surface area (TPSA) is 41.9 Å². The molecule has 0 amide bonds. The summed E-state index contributed by atoms with van der Waals surface area (Å²) in [5, 5.41) is 11.4. The molecule has 0 radical (unpaired) electrons. The summed E-state index contributed by atoms with van der Waals surface area (Å²) in [6.07, 6.45) is 4.20. The van der Waals surface area contributed by atoms with Gasteiger partial charge in [-0.2, -0.15) is 5.10 Å². The van der Waals surface area contributed by atoms with Gasteiger partial charge in [0.25, 0.3) is 0 Å². The highest BCUT2D eigenvalue weighted by Crippen LogP contribution is 2.20. The van der Waals surface area contributed by atoms with Crippen molar-refractivity contribution in [1.29, 1.82) is 0 Å². The molecule has 0 aliphatic rings. The lowest BCUT2D eigenvalue weighted by molar-refractivity contribution is 0.689. The summed E-state index contributed by atoms with van der Waals surface area (Å²) < 4.78 is 2.80. The Morgan fingerprint density at radius 2 is 2.05 bits per heavy atom. The van der Waals surface area contributed by atoms with Gasteiger partial charge in [0.05, 0.1) is 11.0 Å². The van der Waals surface area contributed by atoms with Crippen LogP contribution in [0.2, 0.25) is 0 Å². The van der Waals surface area contributed by atoms with Gasteiger partial charge >= 0.3 is 0 Å². The molecule has 118 valence electrons. The maximum absolute atomic E-state index is 5.27. The summed E-state index contributed by atoms with van der Waals surface area (Å²) >= 11 is 8.79. The Hall–Kier alpha value is -1.40. The number of unbranched alkanes of at least 4 members (excludes halogenated alkanes) is 1. The zero-order valence-corrected chi connectivity index (χ0v) is 15.3. The predicted octanol–water partition coefficient (Wildman–Crippen LogP) is 4.09. The molecule has 0 atom stereocenters. The largest absolute Gasteiger partial charge is 0.362 e. The molecule has 6 heteroatoms. The molecule has 0 saturated carbocycles. The molecule has 2 aromatic rings. The smallest absolute Gasteiger partial charge is 0.172 e. The fourth-order valence-corrected chi connectivity index (χ4v) is 2.59. The maximum Gasteiger partial charge on any atom is 0.172 e. The van der Waals surface area contributed by atoms with E-state index in [-0.39, 0.29) is 0 Å². The van der Waals surface area contributed by atoms with Crippen LogP contribution in [0.3, 0.4) is 0 Å². The van der Waals surface area contributed by atoms with E-state index < -0.39 is 0 Å². The Labute approximate surface area is 145 Å². The molecule has 0 aliphatic carbocycles. The average Bonchev–Trinajstić information content (AvgIpc) is 2.81. The van der Waals surface area contributed by atoms with Gasteiger partial charge in [-0.25, -0.2) is 0 Å². The fourth-order valence-electron chi connectivity index (χ4n) is 1.97. The van der Waals surface area contributed by atoms with E-state index in [0.29, 0.717) is 5.11 Å². The van der Waals surface area contributed by atoms with Gasteiger partial charge in [-0.05, 0) is 47.1 Å². The van der Waals surface area contributed by atoms with E-state index in [1.807, 2.05) is 10.9 Å². The molecule has 0 fully saturated rings. The standard InChI is InChI=1S/C16H21BrN4S/c1-3-4-9-18-16(22)19-15-14(17)11-21(20-15)10-13-7-5-12(2)6-8-13/h5-8,11H,3-4,9-10H2,1-2H3,(H2,18,19,20,22). The summed E-state index contributed by atoms with van der Waals surface area (Å²) in [5.41, 5.74) is 2.48. The van der Waals surface area contributed by atoms with Crippen LogP contribution in [-0.4, -0.2) is 21.4 Å². The molecule has 0 bridgehead atoms. The first-order valence-corrected chi connectivity index (χ1v) is 8.62. The highest BCUT2D eigenvalue weighted by molar-refractivity contribution is 9.10. The number of aromatic nitrogens is 2. The zero-order valence-electron chi connectivity index (χ0n) is 12.9. The van der Waals surface area contributed by atoms with Crippen molar-refractivity contribution >= 4 is 39.1 Å². The SMILES string of the molecule is CCCCNC(=S)Nc1nn(Cc2ccc(C)cc2)cc1Br. The zero-order chi connectivity index (χ0) is 15.9. The van der Waals surface area contributed by atoms with Gasteiger partial charge in [0, 0.05) is 12.7 Å². The summed E-state index contributed by atoms with van der Waals surface area (Å²) in [4.78, 5) is 0. The van der Waals surface area contributed by atoms with Crippen LogP contribution in [0.4, 0.5) is 5.82 Å². The van der Waals surface area contributed by atoms with Crippen LogP contribution in [0.15, 0.2) is 34.9 Å². The lowest BCUT2D eigenvalue weighted by atomic mass is 10.1. The molecule has 2 N–H and O–H groups in total. The molecule has 0 aliphatic heterocycles.